The molecule has 0 fully saturated rings. The molecule has 0 bridgehead atoms. The van der Waals surface area contributed by atoms with Gasteiger partial charge in [0.15, 0.2) is 5.75 Å². The Kier molecular flexibility index (Phi) is 2.14. The van der Waals surface area contributed by atoms with Gasteiger partial charge in [-0.3, -0.25) is 4.98 Å². The number of amides is 1. The Hall–Kier alpha value is -1.78. The lowest BCUT2D eigenvalue weighted by atomic mass is 10.3. The fraction of sp³-hybridized carbons (Fsp3) is 0.143. The van der Waals surface area contributed by atoms with E-state index in [1.807, 2.05) is 0 Å². The number of nitrogens with zero attached hydrogens (tertiary/aromatic N) is 1. The summed E-state index contributed by atoms with van der Waals surface area (Å²) in [5, 5.41) is 0. The maximum atomic E-state index is 10.4. The summed E-state index contributed by atoms with van der Waals surface area (Å²) in [4.78, 5) is 14.2. The van der Waals surface area contributed by atoms with Crippen LogP contribution in [0, 0.1) is 6.92 Å². The van der Waals surface area contributed by atoms with Crippen molar-refractivity contribution in [3.8, 4) is 5.75 Å². The quantitative estimate of drug-likeness (QED) is 0.634. The van der Waals surface area contributed by atoms with Crippen LogP contribution in [0.4, 0.5) is 10.5 Å². The minimum Gasteiger partial charge on any atom is -0.408 e. The van der Waals surface area contributed by atoms with E-state index >= 15 is 0 Å². The van der Waals surface area contributed by atoms with Crippen LogP contribution in [-0.2, 0) is 0 Å². The van der Waals surface area contributed by atoms with Crippen LogP contribution in [0.5, 0.6) is 5.75 Å². The lowest BCUT2D eigenvalue weighted by Crippen LogP contribution is -2.17. The largest absolute Gasteiger partial charge is 0.410 e. The Labute approximate surface area is 69.3 Å². The molecular weight excluding hydrogens is 158 g/mol. The average molecular weight is 167 g/mol. The molecule has 0 saturated heterocycles. The molecule has 12 heavy (non-hydrogen) atoms. The number of nitrogen functional groups attached to an aromatic ring is 1. The summed E-state index contributed by atoms with van der Waals surface area (Å²) >= 11 is 0. The zero-order valence-electron chi connectivity index (χ0n) is 6.57. The number of pyridine rings is 1. The van der Waals surface area contributed by atoms with Crippen LogP contribution in [0.2, 0.25) is 0 Å². The molecule has 4 N–H and O–H groups in total. The average Bonchev–Trinajstić information content (AvgIpc) is 1.96. The number of carbonyl (C=O) groups is 1. The first-order valence-electron chi connectivity index (χ1n) is 3.29. The molecular formula is C7H9N3O2. The number of nitrogens with two attached hydrogens (primary N) is 2. The fourth-order valence-electron chi connectivity index (χ4n) is 0.740. The number of carbonyl (C=O) groups excluding carboxylic acids is 1. The number of hydrogen-bond donors (Lipinski definition) is 2. The zero-order valence-corrected chi connectivity index (χ0v) is 6.57. The number of hydrogen-bond acceptors (Lipinski definition) is 4. The third kappa shape index (κ3) is 1.85. The Morgan fingerprint density at radius 3 is 2.92 bits per heavy atom. The van der Waals surface area contributed by atoms with Gasteiger partial charge in [-0.15, -0.1) is 0 Å². The van der Waals surface area contributed by atoms with Crippen LogP contribution >= 0.6 is 0 Å². The molecule has 1 aromatic rings. The van der Waals surface area contributed by atoms with Gasteiger partial charge in [-0.25, -0.2) is 4.79 Å². The molecule has 0 unspecified atom stereocenters. The summed E-state index contributed by atoms with van der Waals surface area (Å²) in [6, 6.07) is 1.49. The summed E-state index contributed by atoms with van der Waals surface area (Å²) < 4.78 is 4.62. The Bertz CT molecular complexity index is 312. The Morgan fingerprint density at radius 2 is 2.33 bits per heavy atom. The van der Waals surface area contributed by atoms with Crippen LogP contribution in [0.15, 0.2) is 12.3 Å². The van der Waals surface area contributed by atoms with Crippen molar-refractivity contribution >= 4 is 11.8 Å². The number of rotatable bonds is 1. The van der Waals surface area contributed by atoms with Gasteiger partial charge in [0.05, 0.1) is 17.6 Å². The maximum Gasteiger partial charge on any atom is 0.410 e. The van der Waals surface area contributed by atoms with Crippen molar-refractivity contribution in [2.24, 2.45) is 5.73 Å². The fourth-order valence-corrected chi connectivity index (χ4v) is 0.740. The summed E-state index contributed by atoms with van der Waals surface area (Å²) in [5.74, 6) is 0.294. The highest BCUT2D eigenvalue weighted by Crippen LogP contribution is 2.17. The predicted molar refractivity (Wildman–Crippen MR) is 43.6 cm³/mol. The second kappa shape index (κ2) is 3.08. The van der Waals surface area contributed by atoms with Crippen molar-refractivity contribution in [1.82, 2.24) is 4.98 Å². The molecule has 0 atom stereocenters. The van der Waals surface area contributed by atoms with E-state index < -0.39 is 6.09 Å². The molecule has 1 aromatic heterocycles. The van der Waals surface area contributed by atoms with Gasteiger partial charge in [0.2, 0.25) is 0 Å². The van der Waals surface area contributed by atoms with E-state index in [0.29, 0.717) is 17.1 Å². The number of primary amides is 1. The minimum atomic E-state index is -0.870. The second-order valence-electron chi connectivity index (χ2n) is 2.27. The van der Waals surface area contributed by atoms with Crippen molar-refractivity contribution in [2.75, 3.05) is 5.73 Å². The summed E-state index contributed by atoms with van der Waals surface area (Å²) in [6.45, 7) is 1.69. The lowest BCUT2D eigenvalue weighted by Gasteiger charge is -2.03. The van der Waals surface area contributed by atoms with Crippen LogP contribution in [-0.4, -0.2) is 11.1 Å². The van der Waals surface area contributed by atoms with Crippen molar-refractivity contribution in [3.05, 3.63) is 18.0 Å². The monoisotopic (exact) mass is 167 g/mol. The summed E-state index contributed by atoms with van der Waals surface area (Å²) in [5.41, 5.74) is 11.2. The number of aromatic nitrogens is 1. The number of aryl methyl sites for hydroxylation is 1. The third-order valence-electron chi connectivity index (χ3n) is 1.27. The normalized spacial score (nSPS) is 9.42. The van der Waals surface area contributed by atoms with Gasteiger partial charge < -0.3 is 16.2 Å². The van der Waals surface area contributed by atoms with E-state index in [1.54, 1.807) is 6.92 Å². The van der Waals surface area contributed by atoms with Crippen molar-refractivity contribution in [2.45, 2.75) is 6.92 Å². The molecule has 0 aliphatic carbocycles. The molecule has 0 radical (unpaired) electrons. The molecule has 0 aliphatic heterocycles. The maximum absolute atomic E-state index is 10.4. The van der Waals surface area contributed by atoms with Gasteiger partial charge in [-0.05, 0) is 6.92 Å². The van der Waals surface area contributed by atoms with Crippen molar-refractivity contribution in [3.63, 3.8) is 0 Å². The SMILES string of the molecule is Cc1ncc(N)cc1OC(N)=O. The Morgan fingerprint density at radius 1 is 1.67 bits per heavy atom. The molecule has 0 spiro atoms. The lowest BCUT2D eigenvalue weighted by molar-refractivity contribution is 0.210. The summed E-state index contributed by atoms with van der Waals surface area (Å²) in [6.07, 6.45) is 0.605. The van der Waals surface area contributed by atoms with E-state index in [-0.39, 0.29) is 0 Å². The predicted octanol–water partition coefficient (Wildman–Crippen LogP) is 0.430. The van der Waals surface area contributed by atoms with Crippen LogP contribution in [0.25, 0.3) is 0 Å². The molecule has 1 rings (SSSR count). The van der Waals surface area contributed by atoms with E-state index in [2.05, 4.69) is 9.72 Å². The standard InChI is InChI=1S/C7H9N3O2/c1-4-6(12-7(9)11)2-5(8)3-10-4/h2-3H,8H2,1H3,(H2,9,11). The van der Waals surface area contributed by atoms with E-state index in [4.69, 9.17) is 11.5 Å². The molecule has 0 aromatic carbocycles. The minimum absolute atomic E-state index is 0.294. The third-order valence-corrected chi connectivity index (χ3v) is 1.27. The highest BCUT2D eigenvalue weighted by atomic mass is 16.5. The highest BCUT2D eigenvalue weighted by molar-refractivity contribution is 5.68. The molecule has 5 nitrogen and oxygen atoms in total. The summed E-state index contributed by atoms with van der Waals surface area (Å²) in [7, 11) is 0. The second-order valence-corrected chi connectivity index (χ2v) is 2.27. The van der Waals surface area contributed by atoms with Crippen LogP contribution in [0.1, 0.15) is 5.69 Å². The van der Waals surface area contributed by atoms with Crippen LogP contribution < -0.4 is 16.2 Å². The zero-order chi connectivity index (χ0) is 9.14. The van der Waals surface area contributed by atoms with Gasteiger partial charge >= 0.3 is 6.09 Å². The highest BCUT2D eigenvalue weighted by Gasteiger charge is 2.03. The first-order chi connectivity index (χ1) is 5.59. The smallest absolute Gasteiger partial charge is 0.408 e. The van der Waals surface area contributed by atoms with Gasteiger partial charge in [0, 0.05) is 6.07 Å². The van der Waals surface area contributed by atoms with Gasteiger partial charge in [-0.2, -0.15) is 0 Å². The van der Waals surface area contributed by atoms with Gasteiger partial charge in [0.1, 0.15) is 0 Å². The molecule has 0 aliphatic rings. The van der Waals surface area contributed by atoms with E-state index in [0.717, 1.165) is 0 Å². The van der Waals surface area contributed by atoms with Crippen molar-refractivity contribution in [1.29, 1.82) is 0 Å². The molecule has 0 saturated carbocycles. The first kappa shape index (κ1) is 8.32. The molecule has 64 valence electrons. The number of anilines is 1. The molecule has 1 heterocycles. The van der Waals surface area contributed by atoms with Gasteiger partial charge in [-0.1, -0.05) is 0 Å². The van der Waals surface area contributed by atoms with Crippen molar-refractivity contribution < 1.29 is 9.53 Å². The van der Waals surface area contributed by atoms with Gasteiger partial charge in [0.25, 0.3) is 0 Å². The molecule has 1 amide bonds. The Balaban J connectivity index is 2.97. The van der Waals surface area contributed by atoms with E-state index in [1.165, 1.54) is 12.3 Å². The van der Waals surface area contributed by atoms with Crippen LogP contribution in [0.3, 0.4) is 0 Å². The van der Waals surface area contributed by atoms with E-state index in [9.17, 15) is 4.79 Å². The number of ether oxygens (including phenoxy) is 1. The topological polar surface area (TPSA) is 91.2 Å². The molecule has 5 heteroatoms. The first-order valence-corrected chi connectivity index (χ1v) is 3.29.